The van der Waals surface area contributed by atoms with Crippen LogP contribution in [0.1, 0.15) is 27.2 Å². The summed E-state index contributed by atoms with van der Waals surface area (Å²) in [6.45, 7) is 6.62. The van der Waals surface area contributed by atoms with Crippen LogP contribution in [0.4, 0.5) is 0 Å². The van der Waals surface area contributed by atoms with Gasteiger partial charge in [-0.3, -0.25) is 6.08 Å². The van der Waals surface area contributed by atoms with Gasteiger partial charge in [-0.05, 0) is 0 Å². The fourth-order valence-corrected chi connectivity index (χ4v) is 7.12. The van der Waals surface area contributed by atoms with Crippen LogP contribution in [0.3, 0.4) is 0 Å². The Bertz CT molecular complexity index is 238. The fraction of sp³-hybridized carbons (Fsp3) is 0.364. The molecule has 0 unspecified atom stereocenters. The zero-order chi connectivity index (χ0) is 10.1. The van der Waals surface area contributed by atoms with Gasteiger partial charge < -0.3 is 24.8 Å². The number of hydrogen-bond donors (Lipinski definition) is 0. The van der Waals surface area contributed by atoms with Crippen LogP contribution in [0.2, 0.25) is 0 Å². The van der Waals surface area contributed by atoms with Crippen LogP contribution in [0.25, 0.3) is 0 Å². The number of allylic oxidation sites excluding steroid dienone is 6. The van der Waals surface area contributed by atoms with Crippen LogP contribution in [-0.2, 0) is 26.2 Å². The molecule has 0 spiro atoms. The molecular weight excluding hydrogens is 712 g/mol. The third kappa shape index (κ3) is 16.3. The normalized spacial score (nSPS) is 11.7. The van der Waals surface area contributed by atoms with Gasteiger partial charge in [0.15, 0.2) is 0 Å². The number of halogens is 2. The van der Waals surface area contributed by atoms with Crippen molar-refractivity contribution in [3.05, 3.63) is 39.6 Å². The molecule has 1 aliphatic rings. The molecule has 0 aromatic carbocycles. The molecule has 0 fully saturated rings. The summed E-state index contributed by atoms with van der Waals surface area (Å²) in [7, 11) is 0. The summed E-state index contributed by atoms with van der Waals surface area (Å²) in [5.41, 5.74) is 1.53. The van der Waals surface area contributed by atoms with Crippen molar-refractivity contribution < 1.29 is 51.0 Å². The van der Waals surface area contributed by atoms with Gasteiger partial charge in [0.2, 0.25) is 0 Å². The maximum absolute atomic E-state index is 2.99. The molecule has 87 valence electrons. The third-order valence-corrected chi connectivity index (χ3v) is 14.5. The standard InChI is InChI=1S/C6H10.C5H5.2Bi.2ClH.Zr/c1-4-6(3)5-2;1-2-4-5-3-1;;;;;/h4H,1-3H3;1-3H,4H2;;;2*1H;/q2*-1;;;;;+4/p-2. The molecule has 0 saturated heterocycles. The van der Waals surface area contributed by atoms with Gasteiger partial charge in [-0.2, -0.15) is 6.08 Å². The van der Waals surface area contributed by atoms with Crippen LogP contribution in [0, 0.1) is 12.5 Å². The van der Waals surface area contributed by atoms with Gasteiger partial charge in [0, 0.05) is 0 Å². The first kappa shape index (κ1) is 26.8. The molecule has 0 aromatic rings. The van der Waals surface area contributed by atoms with E-state index in [0.717, 1.165) is 6.42 Å². The molecule has 5 heteroatoms. The fourth-order valence-electron chi connectivity index (χ4n) is 0.628. The van der Waals surface area contributed by atoms with Crippen molar-refractivity contribution in [3.63, 3.8) is 0 Å². The van der Waals surface area contributed by atoms with Crippen LogP contribution < -0.4 is 24.8 Å². The van der Waals surface area contributed by atoms with Crippen LogP contribution >= 0.6 is 0 Å². The van der Waals surface area contributed by atoms with Crippen LogP contribution in [-0.4, -0.2) is 37.0 Å². The van der Waals surface area contributed by atoms with Crippen molar-refractivity contribution in [3.8, 4) is 0 Å². The van der Waals surface area contributed by atoms with Gasteiger partial charge in [-0.25, -0.2) is 12.2 Å². The van der Waals surface area contributed by atoms with E-state index in [1.54, 1.807) is 22.5 Å². The first-order valence-corrected chi connectivity index (χ1v) is 21.2. The largest absolute Gasteiger partial charge is 4.00 e. The minimum Gasteiger partial charge on any atom is -1.00 e. The molecule has 16 heavy (non-hydrogen) atoms. The van der Waals surface area contributed by atoms with Crippen molar-refractivity contribution in [1.29, 1.82) is 0 Å². The quantitative estimate of drug-likeness (QED) is 0.206. The van der Waals surface area contributed by atoms with Gasteiger partial charge in [0.05, 0.1) is 0 Å². The number of hydrogen-bond acceptors (Lipinski definition) is 0. The molecule has 0 saturated carbocycles. The maximum atomic E-state index is 2.99. The summed E-state index contributed by atoms with van der Waals surface area (Å²) in [6, 6.07) is 0. The molecule has 0 bridgehead atoms. The van der Waals surface area contributed by atoms with Gasteiger partial charge in [-0.1, -0.05) is 0 Å². The van der Waals surface area contributed by atoms with Crippen molar-refractivity contribution in [1.82, 2.24) is 0 Å². The summed E-state index contributed by atoms with van der Waals surface area (Å²) in [6.07, 6.45) is 12.2. The summed E-state index contributed by atoms with van der Waals surface area (Å²) >= 11 is 1.58. The predicted molar refractivity (Wildman–Crippen MR) is 61.4 cm³/mol. The second kappa shape index (κ2) is 19.7. The van der Waals surface area contributed by atoms with E-state index in [1.807, 2.05) is 12.2 Å². The Hall–Kier alpha value is 2.32. The minimum atomic E-state index is -0.0751. The third-order valence-electron chi connectivity index (χ3n) is 1.74. The Kier molecular flexibility index (Phi) is 32.9. The first-order valence-electron chi connectivity index (χ1n) is 4.26. The van der Waals surface area contributed by atoms with E-state index in [-0.39, 0.29) is 68.8 Å². The summed E-state index contributed by atoms with van der Waals surface area (Å²) in [4.78, 5) is 0. The van der Waals surface area contributed by atoms with Gasteiger partial charge >= 0.3 is 99.3 Å². The molecule has 1 radical (unpaired) electrons. The smallest absolute Gasteiger partial charge is 1.00 e. The average molecular weight is 727 g/mol. The summed E-state index contributed by atoms with van der Waals surface area (Å²) in [5.74, 6) is 0. The minimum absolute atomic E-state index is 0. The summed E-state index contributed by atoms with van der Waals surface area (Å²) in [5, 5.41) is 0. The molecule has 1 rings (SSSR count). The average Bonchev–Trinajstić information content (AvgIpc) is 2.73. The predicted octanol–water partition coefficient (Wildman–Crippen LogP) is -3.40. The molecular formula is C11H15Bi2Cl2Zr. The molecule has 0 heterocycles. The Balaban J connectivity index is -0.0000000798. The monoisotopic (exact) mass is 725 g/mol. The van der Waals surface area contributed by atoms with E-state index in [9.17, 15) is 0 Å². The van der Waals surface area contributed by atoms with E-state index < -0.39 is 0 Å². The molecule has 0 nitrogen and oxygen atoms in total. The van der Waals surface area contributed by atoms with Crippen LogP contribution in [0.5, 0.6) is 0 Å². The molecule has 0 aliphatic heterocycles. The van der Waals surface area contributed by atoms with E-state index in [4.69, 9.17) is 0 Å². The zero-order valence-electron chi connectivity index (χ0n) is 9.67. The molecule has 0 aromatic heterocycles. The number of rotatable bonds is 2. The first-order chi connectivity index (χ1) is 6.22. The van der Waals surface area contributed by atoms with Crippen LogP contribution in [0.15, 0.2) is 27.1 Å². The molecule has 1 aliphatic carbocycles. The second-order valence-corrected chi connectivity index (χ2v) is 12.9. The Labute approximate surface area is 152 Å². The van der Waals surface area contributed by atoms with Gasteiger partial charge in [-0.15, -0.1) is 6.42 Å². The summed E-state index contributed by atoms with van der Waals surface area (Å²) < 4.78 is 1.72. The van der Waals surface area contributed by atoms with E-state index in [2.05, 4.69) is 39.3 Å². The van der Waals surface area contributed by atoms with Crippen molar-refractivity contribution in [2.45, 2.75) is 27.2 Å². The Morgan fingerprint density at radius 3 is 2.06 bits per heavy atom. The molecule has 0 atom stereocenters. The van der Waals surface area contributed by atoms with E-state index in [1.165, 1.54) is 5.57 Å². The Morgan fingerprint density at radius 2 is 1.94 bits per heavy atom. The van der Waals surface area contributed by atoms with Crippen molar-refractivity contribution in [2.75, 3.05) is 0 Å². The topological polar surface area (TPSA) is 0 Å². The molecule has 0 N–H and O–H groups in total. The Morgan fingerprint density at radius 1 is 1.38 bits per heavy atom. The SMILES string of the molecule is C[CH-]C(C)=[C](C)[Bi]=[Bi].[C-]1=CC=CC1.[Cl-].[Cl-].[Zr+4]. The maximum Gasteiger partial charge on any atom is 4.00 e. The van der Waals surface area contributed by atoms with E-state index in [0.29, 0.717) is 0 Å². The van der Waals surface area contributed by atoms with Gasteiger partial charge in [0.1, 0.15) is 0 Å². The second-order valence-electron chi connectivity index (χ2n) is 2.66. The van der Waals surface area contributed by atoms with Gasteiger partial charge in [0.25, 0.3) is 0 Å². The molecule has 0 amide bonds. The zero-order valence-corrected chi connectivity index (χ0v) is 20.6. The van der Waals surface area contributed by atoms with E-state index >= 15 is 0 Å². The van der Waals surface area contributed by atoms with Crippen molar-refractivity contribution >= 4 is 37.0 Å². The van der Waals surface area contributed by atoms with Crippen molar-refractivity contribution in [2.24, 2.45) is 0 Å².